The van der Waals surface area contributed by atoms with E-state index in [1.165, 1.54) is 5.56 Å². The van der Waals surface area contributed by atoms with Gasteiger partial charge in [-0.3, -0.25) is 0 Å². The fourth-order valence-electron chi connectivity index (χ4n) is 1.14. The zero-order chi connectivity index (χ0) is 10.9. The fraction of sp³-hybridized carbons (Fsp3) is 0.333. The highest BCUT2D eigenvalue weighted by atomic mass is 79.9. The van der Waals surface area contributed by atoms with Gasteiger partial charge in [-0.05, 0) is 55.0 Å². The number of terminal acetylenes is 1. The molecule has 0 aliphatic heterocycles. The van der Waals surface area contributed by atoms with Crippen LogP contribution in [0.1, 0.15) is 31.9 Å². The molecule has 0 N–H and O–H groups in total. The zero-order valence-corrected chi connectivity index (χ0v) is 11.7. The Bertz CT molecular complexity index is 369. The fourth-order valence-corrected chi connectivity index (χ4v) is 2.56. The van der Waals surface area contributed by atoms with E-state index >= 15 is 0 Å². The van der Waals surface area contributed by atoms with Crippen molar-refractivity contribution in [3.63, 3.8) is 0 Å². The van der Waals surface area contributed by atoms with Gasteiger partial charge in [0.05, 0.1) is 5.56 Å². The summed E-state index contributed by atoms with van der Waals surface area (Å²) in [5.41, 5.74) is 2.27. The average Bonchev–Trinajstić information content (AvgIpc) is 2.01. The smallest absolute Gasteiger partial charge is 0.0527 e. The van der Waals surface area contributed by atoms with Crippen molar-refractivity contribution in [2.75, 3.05) is 0 Å². The molecule has 0 saturated heterocycles. The van der Waals surface area contributed by atoms with E-state index in [9.17, 15) is 0 Å². The molecule has 0 spiro atoms. The van der Waals surface area contributed by atoms with Gasteiger partial charge in [-0.15, -0.1) is 6.42 Å². The number of benzene rings is 1. The lowest BCUT2D eigenvalue weighted by Gasteiger charge is -2.20. The van der Waals surface area contributed by atoms with Crippen LogP contribution in [0.25, 0.3) is 0 Å². The van der Waals surface area contributed by atoms with Crippen LogP contribution in [-0.4, -0.2) is 0 Å². The van der Waals surface area contributed by atoms with Crippen molar-refractivity contribution in [1.29, 1.82) is 0 Å². The lowest BCUT2D eigenvalue weighted by molar-refractivity contribution is 0.589. The minimum Gasteiger partial charge on any atom is -0.115 e. The lowest BCUT2D eigenvalue weighted by atomic mass is 9.87. The van der Waals surface area contributed by atoms with Gasteiger partial charge in [-0.25, -0.2) is 0 Å². The second-order valence-corrected chi connectivity index (χ2v) is 5.92. The van der Waals surface area contributed by atoms with Gasteiger partial charge in [-0.1, -0.05) is 26.7 Å². The summed E-state index contributed by atoms with van der Waals surface area (Å²) in [4.78, 5) is 0. The largest absolute Gasteiger partial charge is 0.115 e. The third-order valence-electron chi connectivity index (χ3n) is 2.05. The van der Waals surface area contributed by atoms with E-state index in [0.717, 1.165) is 14.5 Å². The summed E-state index contributed by atoms with van der Waals surface area (Å²) in [5.74, 6) is 2.65. The molecule has 0 aromatic heterocycles. The molecule has 0 amide bonds. The SMILES string of the molecule is C#Cc1c(Br)cc(C(C)(C)C)cc1Br. The molecule has 0 heterocycles. The first kappa shape index (κ1) is 11.8. The molecule has 1 rings (SSSR count). The molecule has 2 heteroatoms. The Kier molecular flexibility index (Phi) is 3.44. The van der Waals surface area contributed by atoms with Gasteiger partial charge in [0.2, 0.25) is 0 Å². The summed E-state index contributed by atoms with van der Waals surface area (Å²) in [7, 11) is 0. The van der Waals surface area contributed by atoms with Gasteiger partial charge >= 0.3 is 0 Å². The van der Waals surface area contributed by atoms with E-state index < -0.39 is 0 Å². The third kappa shape index (κ3) is 2.40. The first-order valence-corrected chi connectivity index (χ1v) is 5.91. The van der Waals surface area contributed by atoms with Crippen LogP contribution in [0.3, 0.4) is 0 Å². The molecule has 74 valence electrons. The summed E-state index contributed by atoms with van der Waals surface area (Å²) in [6.07, 6.45) is 5.40. The molecule has 0 bridgehead atoms. The highest BCUT2D eigenvalue weighted by Crippen LogP contribution is 2.32. The van der Waals surface area contributed by atoms with Crippen LogP contribution in [0.15, 0.2) is 21.1 Å². The van der Waals surface area contributed by atoms with Gasteiger partial charge in [0.15, 0.2) is 0 Å². The van der Waals surface area contributed by atoms with Gasteiger partial charge in [0.1, 0.15) is 0 Å². The normalized spacial score (nSPS) is 11.1. The molecule has 0 aliphatic rings. The summed E-state index contributed by atoms with van der Waals surface area (Å²) >= 11 is 6.96. The standard InChI is InChI=1S/C12H12Br2/c1-5-9-10(13)6-8(7-11(9)14)12(2,3)4/h1,6-7H,2-4H3. The first-order chi connectivity index (χ1) is 6.36. The second-order valence-electron chi connectivity index (χ2n) is 4.21. The number of halogens is 2. The number of hydrogen-bond donors (Lipinski definition) is 0. The molecule has 0 aliphatic carbocycles. The van der Waals surface area contributed by atoms with Crippen LogP contribution >= 0.6 is 31.9 Å². The predicted octanol–water partition coefficient (Wildman–Crippen LogP) is 4.49. The molecule has 0 radical (unpaired) electrons. The predicted molar refractivity (Wildman–Crippen MR) is 68.5 cm³/mol. The molecule has 0 unspecified atom stereocenters. The maximum Gasteiger partial charge on any atom is 0.0527 e. The monoisotopic (exact) mass is 314 g/mol. The van der Waals surface area contributed by atoms with Crippen LogP contribution in [-0.2, 0) is 5.41 Å². The van der Waals surface area contributed by atoms with Crippen LogP contribution < -0.4 is 0 Å². The van der Waals surface area contributed by atoms with Gasteiger partial charge in [0.25, 0.3) is 0 Å². The Morgan fingerprint density at radius 3 is 1.86 bits per heavy atom. The zero-order valence-electron chi connectivity index (χ0n) is 8.49. The second kappa shape index (κ2) is 4.08. The molecular weight excluding hydrogens is 304 g/mol. The third-order valence-corrected chi connectivity index (χ3v) is 3.30. The molecule has 1 aromatic carbocycles. The summed E-state index contributed by atoms with van der Waals surface area (Å²) in [5, 5.41) is 0. The number of hydrogen-bond acceptors (Lipinski definition) is 0. The van der Waals surface area contributed by atoms with Gasteiger partial charge < -0.3 is 0 Å². The Morgan fingerprint density at radius 1 is 1.14 bits per heavy atom. The van der Waals surface area contributed by atoms with Crippen LogP contribution in [0.4, 0.5) is 0 Å². The van der Waals surface area contributed by atoms with E-state index in [1.54, 1.807) is 0 Å². The molecular formula is C12H12Br2. The summed E-state index contributed by atoms with van der Waals surface area (Å²) in [6.45, 7) is 6.53. The van der Waals surface area contributed by atoms with Crippen LogP contribution in [0.5, 0.6) is 0 Å². The van der Waals surface area contributed by atoms with E-state index in [4.69, 9.17) is 6.42 Å². The topological polar surface area (TPSA) is 0 Å². The summed E-state index contributed by atoms with van der Waals surface area (Å²) in [6, 6.07) is 4.17. The minimum atomic E-state index is 0.137. The van der Waals surface area contributed by atoms with Crippen LogP contribution in [0.2, 0.25) is 0 Å². The van der Waals surface area contributed by atoms with Crippen molar-refractivity contribution >= 4 is 31.9 Å². The molecule has 0 atom stereocenters. The van der Waals surface area contributed by atoms with Gasteiger partial charge in [0, 0.05) is 8.95 Å². The minimum absolute atomic E-state index is 0.137. The maximum absolute atomic E-state index is 5.40. The van der Waals surface area contributed by atoms with Crippen molar-refractivity contribution in [3.05, 3.63) is 32.2 Å². The van der Waals surface area contributed by atoms with Gasteiger partial charge in [-0.2, -0.15) is 0 Å². The Labute approximate surface area is 102 Å². The molecule has 0 saturated carbocycles. The highest BCUT2D eigenvalue weighted by Gasteiger charge is 2.16. The van der Waals surface area contributed by atoms with Crippen molar-refractivity contribution in [1.82, 2.24) is 0 Å². The molecule has 1 aromatic rings. The Balaban J connectivity index is 3.37. The Morgan fingerprint density at radius 2 is 1.57 bits per heavy atom. The quantitative estimate of drug-likeness (QED) is 0.619. The van der Waals surface area contributed by atoms with E-state index in [2.05, 4.69) is 70.7 Å². The van der Waals surface area contributed by atoms with Crippen molar-refractivity contribution in [2.45, 2.75) is 26.2 Å². The molecule has 0 nitrogen and oxygen atoms in total. The van der Waals surface area contributed by atoms with E-state index in [1.807, 2.05) is 0 Å². The molecule has 0 fully saturated rings. The van der Waals surface area contributed by atoms with E-state index in [-0.39, 0.29) is 5.41 Å². The molecule has 14 heavy (non-hydrogen) atoms. The highest BCUT2D eigenvalue weighted by molar-refractivity contribution is 9.11. The van der Waals surface area contributed by atoms with Crippen molar-refractivity contribution < 1.29 is 0 Å². The van der Waals surface area contributed by atoms with E-state index in [0.29, 0.717) is 0 Å². The summed E-state index contributed by atoms with van der Waals surface area (Å²) < 4.78 is 1.94. The average molecular weight is 316 g/mol. The van der Waals surface area contributed by atoms with Crippen molar-refractivity contribution in [3.8, 4) is 12.3 Å². The number of rotatable bonds is 0. The lowest BCUT2D eigenvalue weighted by Crippen LogP contribution is -2.11. The maximum atomic E-state index is 5.40. The van der Waals surface area contributed by atoms with Crippen molar-refractivity contribution in [2.24, 2.45) is 0 Å². The first-order valence-electron chi connectivity index (χ1n) is 4.32. The van der Waals surface area contributed by atoms with Crippen LogP contribution in [0, 0.1) is 12.3 Å². The Hall–Kier alpha value is -0.260.